The molecule has 0 amide bonds. The van der Waals surface area contributed by atoms with Gasteiger partial charge in [0.1, 0.15) is 0 Å². The van der Waals surface area contributed by atoms with Crippen LogP contribution in [0.2, 0.25) is 0 Å². The Balaban J connectivity index is 2.68. The molecule has 0 aliphatic heterocycles. The summed E-state index contributed by atoms with van der Waals surface area (Å²) in [5.41, 5.74) is 2.60. The molecule has 0 spiro atoms. The largest absolute Gasteiger partial charge is 0.314 e. The zero-order chi connectivity index (χ0) is 14.3. The zero-order valence-corrected chi connectivity index (χ0v) is 13.4. The van der Waals surface area contributed by atoms with Crippen LogP contribution in [0.25, 0.3) is 0 Å². The first kappa shape index (κ1) is 16.2. The summed E-state index contributed by atoms with van der Waals surface area (Å²) in [6.45, 7) is 13.2. The first-order valence-electron chi connectivity index (χ1n) is 7.89. The third kappa shape index (κ3) is 5.35. The molecule has 3 nitrogen and oxygen atoms in total. The topological polar surface area (TPSA) is 29.9 Å². The highest BCUT2D eigenvalue weighted by molar-refractivity contribution is 5.12. The fraction of sp³-hybridized carbons (Fsp3) is 0.812. The molecule has 1 unspecified atom stereocenters. The molecule has 19 heavy (non-hydrogen) atoms. The van der Waals surface area contributed by atoms with E-state index in [1.807, 2.05) is 0 Å². The number of likely N-dealkylation sites (N-methyl/N-ethyl adjacent to an activating group) is 1. The van der Waals surface area contributed by atoms with E-state index in [1.54, 1.807) is 0 Å². The van der Waals surface area contributed by atoms with Crippen molar-refractivity contribution < 1.29 is 0 Å². The van der Waals surface area contributed by atoms with Crippen LogP contribution in [0.4, 0.5) is 0 Å². The van der Waals surface area contributed by atoms with E-state index in [2.05, 4.69) is 55.8 Å². The van der Waals surface area contributed by atoms with E-state index in [1.165, 1.54) is 24.2 Å². The van der Waals surface area contributed by atoms with E-state index in [0.29, 0.717) is 6.04 Å². The fourth-order valence-electron chi connectivity index (χ4n) is 2.48. The van der Waals surface area contributed by atoms with Gasteiger partial charge in [-0.25, -0.2) is 0 Å². The Labute approximate surface area is 118 Å². The molecule has 0 radical (unpaired) electrons. The van der Waals surface area contributed by atoms with Crippen LogP contribution in [-0.2, 0) is 19.4 Å². The van der Waals surface area contributed by atoms with Crippen LogP contribution in [0.3, 0.4) is 0 Å². The Bertz CT molecular complexity index is 355. The van der Waals surface area contributed by atoms with E-state index in [0.717, 1.165) is 31.8 Å². The first-order valence-corrected chi connectivity index (χ1v) is 7.89. The molecule has 0 bridgehead atoms. The quantitative estimate of drug-likeness (QED) is 0.741. The van der Waals surface area contributed by atoms with Crippen LogP contribution < -0.4 is 5.32 Å². The van der Waals surface area contributed by atoms with Crippen LogP contribution in [-0.4, -0.2) is 22.4 Å². The summed E-state index contributed by atoms with van der Waals surface area (Å²) in [5, 5.41) is 8.27. The first-order chi connectivity index (χ1) is 9.10. The van der Waals surface area contributed by atoms with Gasteiger partial charge in [0.15, 0.2) is 0 Å². The van der Waals surface area contributed by atoms with Crippen molar-refractivity contribution in [3.8, 4) is 0 Å². The van der Waals surface area contributed by atoms with Gasteiger partial charge in [0.05, 0.1) is 5.69 Å². The number of aromatic nitrogens is 2. The zero-order valence-electron chi connectivity index (χ0n) is 13.4. The summed E-state index contributed by atoms with van der Waals surface area (Å²) in [6.07, 6.45) is 4.67. The van der Waals surface area contributed by atoms with Crippen LogP contribution in [0, 0.1) is 5.92 Å². The summed E-state index contributed by atoms with van der Waals surface area (Å²) in [7, 11) is 0. The number of aryl methyl sites for hydroxylation is 2. The van der Waals surface area contributed by atoms with E-state index in [-0.39, 0.29) is 0 Å². The number of nitrogens with zero attached hydrogens (tertiary/aromatic N) is 2. The molecule has 0 fully saturated rings. The predicted molar refractivity (Wildman–Crippen MR) is 82.5 cm³/mol. The third-order valence-corrected chi connectivity index (χ3v) is 3.62. The predicted octanol–water partition coefficient (Wildman–Crippen LogP) is 3.42. The molecule has 0 saturated carbocycles. The molecular weight excluding hydrogens is 234 g/mol. The van der Waals surface area contributed by atoms with E-state index in [9.17, 15) is 0 Å². The molecule has 0 aliphatic rings. The van der Waals surface area contributed by atoms with Gasteiger partial charge in [0, 0.05) is 24.7 Å². The van der Waals surface area contributed by atoms with Crippen molar-refractivity contribution in [2.24, 2.45) is 5.92 Å². The van der Waals surface area contributed by atoms with Crippen molar-refractivity contribution in [3.05, 3.63) is 17.5 Å². The van der Waals surface area contributed by atoms with Crippen molar-refractivity contribution in [1.82, 2.24) is 15.1 Å². The maximum Gasteiger partial charge on any atom is 0.0624 e. The second kappa shape index (κ2) is 8.36. The van der Waals surface area contributed by atoms with Gasteiger partial charge in [-0.3, -0.25) is 4.68 Å². The number of rotatable bonds is 9. The molecule has 0 aromatic carbocycles. The lowest BCUT2D eigenvalue weighted by Gasteiger charge is -2.19. The second-order valence-corrected chi connectivity index (χ2v) is 5.73. The number of nitrogens with one attached hydrogen (secondary N) is 1. The average molecular weight is 265 g/mol. The molecule has 3 heteroatoms. The minimum atomic E-state index is 0.583. The van der Waals surface area contributed by atoms with Crippen LogP contribution in [0.15, 0.2) is 6.07 Å². The van der Waals surface area contributed by atoms with Gasteiger partial charge in [0.2, 0.25) is 0 Å². The SMILES string of the molecule is CCNC(CCC(C)C)Cc1cc(CC)nn1CC. The van der Waals surface area contributed by atoms with Gasteiger partial charge < -0.3 is 5.32 Å². The second-order valence-electron chi connectivity index (χ2n) is 5.73. The smallest absolute Gasteiger partial charge is 0.0624 e. The summed E-state index contributed by atoms with van der Waals surface area (Å²) in [5.74, 6) is 0.781. The Morgan fingerprint density at radius 1 is 1.21 bits per heavy atom. The highest BCUT2D eigenvalue weighted by Gasteiger charge is 2.13. The molecule has 0 aliphatic carbocycles. The van der Waals surface area contributed by atoms with Gasteiger partial charge in [-0.2, -0.15) is 5.10 Å². The summed E-state index contributed by atoms with van der Waals surface area (Å²) >= 11 is 0. The van der Waals surface area contributed by atoms with Crippen molar-refractivity contribution >= 4 is 0 Å². The Kier molecular flexibility index (Phi) is 7.14. The summed E-state index contributed by atoms with van der Waals surface area (Å²) < 4.78 is 2.17. The molecule has 1 aromatic heterocycles. The fourth-order valence-corrected chi connectivity index (χ4v) is 2.48. The monoisotopic (exact) mass is 265 g/mol. The Morgan fingerprint density at radius 3 is 2.47 bits per heavy atom. The van der Waals surface area contributed by atoms with Crippen molar-refractivity contribution in [3.63, 3.8) is 0 Å². The third-order valence-electron chi connectivity index (χ3n) is 3.62. The maximum absolute atomic E-state index is 4.64. The Hall–Kier alpha value is -0.830. The maximum atomic E-state index is 4.64. The Morgan fingerprint density at radius 2 is 1.95 bits per heavy atom. The molecule has 1 aromatic rings. The van der Waals surface area contributed by atoms with E-state index in [4.69, 9.17) is 0 Å². The summed E-state index contributed by atoms with van der Waals surface area (Å²) in [6, 6.07) is 2.86. The average Bonchev–Trinajstić information content (AvgIpc) is 2.78. The minimum absolute atomic E-state index is 0.583. The van der Waals surface area contributed by atoms with Crippen LogP contribution >= 0.6 is 0 Å². The van der Waals surface area contributed by atoms with Gasteiger partial charge in [-0.1, -0.05) is 27.7 Å². The van der Waals surface area contributed by atoms with Crippen molar-refractivity contribution in [2.45, 2.75) is 72.9 Å². The molecule has 1 N–H and O–H groups in total. The van der Waals surface area contributed by atoms with Gasteiger partial charge in [-0.05, 0) is 44.7 Å². The standard InChI is InChI=1S/C16H31N3/c1-6-14-11-16(19(8-3)18-14)12-15(17-7-2)10-9-13(4)5/h11,13,15,17H,6-10,12H2,1-5H3. The lowest BCUT2D eigenvalue weighted by Crippen LogP contribution is -2.32. The summed E-state index contributed by atoms with van der Waals surface area (Å²) in [4.78, 5) is 0. The number of hydrogen-bond donors (Lipinski definition) is 1. The highest BCUT2D eigenvalue weighted by Crippen LogP contribution is 2.13. The van der Waals surface area contributed by atoms with E-state index < -0.39 is 0 Å². The van der Waals surface area contributed by atoms with Crippen molar-refractivity contribution in [2.75, 3.05) is 6.54 Å². The van der Waals surface area contributed by atoms with Crippen molar-refractivity contribution in [1.29, 1.82) is 0 Å². The molecular formula is C16H31N3. The normalized spacial score (nSPS) is 13.2. The molecule has 1 rings (SSSR count). The van der Waals surface area contributed by atoms with Crippen LogP contribution in [0.1, 0.15) is 58.8 Å². The lowest BCUT2D eigenvalue weighted by atomic mass is 9.99. The molecule has 0 saturated heterocycles. The van der Waals surface area contributed by atoms with Crippen LogP contribution in [0.5, 0.6) is 0 Å². The van der Waals surface area contributed by atoms with Gasteiger partial charge in [0.25, 0.3) is 0 Å². The lowest BCUT2D eigenvalue weighted by molar-refractivity contribution is 0.424. The van der Waals surface area contributed by atoms with E-state index >= 15 is 0 Å². The van der Waals surface area contributed by atoms with Gasteiger partial charge in [-0.15, -0.1) is 0 Å². The minimum Gasteiger partial charge on any atom is -0.314 e. The number of hydrogen-bond acceptors (Lipinski definition) is 2. The molecule has 1 atom stereocenters. The van der Waals surface area contributed by atoms with Gasteiger partial charge >= 0.3 is 0 Å². The highest BCUT2D eigenvalue weighted by atomic mass is 15.3. The molecule has 1 heterocycles. The molecule has 110 valence electrons.